The lowest BCUT2D eigenvalue weighted by Crippen LogP contribution is -2.51. The molecule has 41 heavy (non-hydrogen) atoms. The molecule has 2 aliphatic rings. The van der Waals surface area contributed by atoms with Crippen LogP contribution >= 0.6 is 23.2 Å². The van der Waals surface area contributed by atoms with Gasteiger partial charge >= 0.3 is 6.09 Å². The highest BCUT2D eigenvalue weighted by Gasteiger charge is 2.45. The standard InChI is InChI=1S/C31H31Cl2F2N3O3/c1-2-22(38-13-11-31(12-14-38)24-16-21(34)8-10-28(24)37-30(40)41-31)17-23(19-7-9-25(32)26(33)15-19)29(39)36-18-20-5-3-4-6-27(20)35/h3-10,15-16,22-23H,2,11-14,17-18H2,1H3,(H,36,39)(H,37,40). The number of carbonyl (C=O) groups is 2. The second kappa shape index (κ2) is 12.3. The highest BCUT2D eigenvalue weighted by molar-refractivity contribution is 6.42. The van der Waals surface area contributed by atoms with Crippen molar-refractivity contribution < 1.29 is 23.1 Å². The second-order valence-corrected chi connectivity index (χ2v) is 11.4. The van der Waals surface area contributed by atoms with E-state index in [1.165, 1.54) is 18.2 Å². The number of hydrogen-bond acceptors (Lipinski definition) is 4. The summed E-state index contributed by atoms with van der Waals surface area (Å²) in [5.41, 5.74) is 1.42. The fourth-order valence-corrected chi connectivity index (χ4v) is 6.22. The molecule has 2 unspecified atom stereocenters. The minimum atomic E-state index is -0.908. The number of ether oxygens (including phenoxy) is 1. The van der Waals surface area contributed by atoms with Gasteiger partial charge in [0.2, 0.25) is 5.91 Å². The third-order valence-electron chi connectivity index (χ3n) is 8.17. The van der Waals surface area contributed by atoms with E-state index in [4.69, 9.17) is 27.9 Å². The van der Waals surface area contributed by atoms with Gasteiger partial charge in [0.25, 0.3) is 0 Å². The van der Waals surface area contributed by atoms with Crippen LogP contribution in [-0.2, 0) is 21.7 Å². The maximum absolute atomic E-state index is 14.2. The molecule has 10 heteroatoms. The molecule has 2 N–H and O–H groups in total. The molecule has 2 amide bonds. The first-order valence-corrected chi connectivity index (χ1v) is 14.4. The molecule has 216 valence electrons. The molecule has 0 aliphatic carbocycles. The van der Waals surface area contributed by atoms with E-state index in [1.807, 2.05) is 0 Å². The van der Waals surface area contributed by atoms with Crippen LogP contribution in [0, 0.1) is 11.6 Å². The van der Waals surface area contributed by atoms with Crippen molar-refractivity contribution in [1.29, 1.82) is 0 Å². The monoisotopic (exact) mass is 601 g/mol. The normalized spacial score (nSPS) is 17.7. The number of piperidine rings is 1. The van der Waals surface area contributed by atoms with Gasteiger partial charge in [-0.15, -0.1) is 0 Å². The largest absolute Gasteiger partial charge is 0.438 e. The average molecular weight is 603 g/mol. The van der Waals surface area contributed by atoms with E-state index in [-0.39, 0.29) is 30.1 Å². The van der Waals surface area contributed by atoms with Crippen molar-refractivity contribution >= 4 is 40.9 Å². The number of amides is 2. The van der Waals surface area contributed by atoms with Crippen LogP contribution in [0.4, 0.5) is 19.3 Å². The molecule has 0 saturated carbocycles. The van der Waals surface area contributed by atoms with Crippen LogP contribution in [0.1, 0.15) is 55.2 Å². The predicted molar refractivity (Wildman–Crippen MR) is 155 cm³/mol. The molecule has 1 spiro atoms. The highest BCUT2D eigenvalue weighted by Crippen LogP contribution is 2.44. The number of anilines is 1. The third kappa shape index (κ3) is 6.35. The SMILES string of the molecule is CCC(CC(C(=O)NCc1ccccc1F)c1ccc(Cl)c(Cl)c1)N1CCC2(CC1)OC(=O)Nc1ccc(F)cc12. The Morgan fingerprint density at radius 3 is 2.54 bits per heavy atom. The van der Waals surface area contributed by atoms with Gasteiger partial charge in [0.1, 0.15) is 17.2 Å². The van der Waals surface area contributed by atoms with E-state index in [0.717, 1.165) is 6.42 Å². The van der Waals surface area contributed by atoms with E-state index in [2.05, 4.69) is 22.5 Å². The van der Waals surface area contributed by atoms with E-state index in [9.17, 15) is 18.4 Å². The van der Waals surface area contributed by atoms with Crippen LogP contribution in [0.15, 0.2) is 60.7 Å². The van der Waals surface area contributed by atoms with Gasteiger partial charge in [-0.2, -0.15) is 0 Å². The lowest BCUT2D eigenvalue weighted by Gasteiger charge is -2.46. The van der Waals surface area contributed by atoms with Crippen molar-refractivity contribution in [2.24, 2.45) is 0 Å². The number of carbonyl (C=O) groups excluding carboxylic acids is 2. The summed E-state index contributed by atoms with van der Waals surface area (Å²) in [4.78, 5) is 28.2. The molecule has 0 aromatic heterocycles. The Bertz CT molecular complexity index is 1450. The molecule has 1 fully saturated rings. The highest BCUT2D eigenvalue weighted by atomic mass is 35.5. The van der Waals surface area contributed by atoms with Crippen LogP contribution in [0.3, 0.4) is 0 Å². The summed E-state index contributed by atoms with van der Waals surface area (Å²) in [6, 6.07) is 15.8. The van der Waals surface area contributed by atoms with Crippen LogP contribution in [-0.4, -0.2) is 36.0 Å². The number of benzene rings is 3. The minimum Gasteiger partial charge on any atom is -0.438 e. The Balaban J connectivity index is 1.34. The lowest BCUT2D eigenvalue weighted by atomic mass is 9.81. The Hall–Kier alpha value is -3.20. The molecular weight excluding hydrogens is 571 g/mol. The van der Waals surface area contributed by atoms with Gasteiger partial charge in [-0.25, -0.2) is 13.6 Å². The smallest absolute Gasteiger partial charge is 0.412 e. The number of likely N-dealkylation sites (tertiary alicyclic amines) is 1. The molecular formula is C31H31Cl2F2N3O3. The van der Waals surface area contributed by atoms with E-state index in [0.29, 0.717) is 64.8 Å². The van der Waals surface area contributed by atoms with Crippen LogP contribution in [0.25, 0.3) is 0 Å². The summed E-state index contributed by atoms with van der Waals surface area (Å²) in [6.07, 6.45) is 1.68. The Morgan fingerprint density at radius 2 is 1.83 bits per heavy atom. The maximum atomic E-state index is 14.2. The van der Waals surface area contributed by atoms with Gasteiger partial charge in [-0.3, -0.25) is 10.1 Å². The van der Waals surface area contributed by atoms with Gasteiger partial charge in [0.15, 0.2) is 0 Å². The van der Waals surface area contributed by atoms with E-state index >= 15 is 0 Å². The quantitative estimate of drug-likeness (QED) is 0.282. The van der Waals surface area contributed by atoms with Crippen molar-refractivity contribution in [3.05, 3.63) is 99.0 Å². The van der Waals surface area contributed by atoms with Gasteiger partial charge in [-0.1, -0.05) is 54.4 Å². The molecule has 3 aromatic rings. The van der Waals surface area contributed by atoms with Crippen molar-refractivity contribution in [2.45, 2.75) is 56.7 Å². The fourth-order valence-electron chi connectivity index (χ4n) is 5.91. The number of hydrogen-bond donors (Lipinski definition) is 2. The summed E-state index contributed by atoms with van der Waals surface area (Å²) in [7, 11) is 0. The molecule has 1 saturated heterocycles. The minimum absolute atomic E-state index is 0.00964. The molecule has 3 aromatic carbocycles. The number of fused-ring (bicyclic) bond motifs is 2. The van der Waals surface area contributed by atoms with Crippen LogP contribution in [0.5, 0.6) is 0 Å². The van der Waals surface area contributed by atoms with Crippen LogP contribution in [0.2, 0.25) is 10.0 Å². The van der Waals surface area contributed by atoms with Gasteiger partial charge < -0.3 is 15.0 Å². The summed E-state index contributed by atoms with van der Waals surface area (Å²) in [5.74, 6) is -1.57. The number of nitrogens with zero attached hydrogens (tertiary/aromatic N) is 1. The van der Waals surface area contributed by atoms with Crippen molar-refractivity contribution in [3.8, 4) is 0 Å². The van der Waals surface area contributed by atoms with Gasteiger partial charge in [0.05, 0.1) is 21.7 Å². The number of nitrogens with one attached hydrogen (secondary N) is 2. The topological polar surface area (TPSA) is 70.7 Å². The lowest BCUT2D eigenvalue weighted by molar-refractivity contribution is -0.123. The van der Waals surface area contributed by atoms with Crippen molar-refractivity contribution in [2.75, 3.05) is 18.4 Å². The number of rotatable bonds is 8. The first-order chi connectivity index (χ1) is 19.7. The zero-order valence-corrected chi connectivity index (χ0v) is 24.1. The summed E-state index contributed by atoms with van der Waals surface area (Å²) >= 11 is 12.5. The second-order valence-electron chi connectivity index (χ2n) is 10.6. The van der Waals surface area contributed by atoms with Crippen molar-refractivity contribution in [1.82, 2.24) is 10.2 Å². The predicted octanol–water partition coefficient (Wildman–Crippen LogP) is 7.39. The van der Waals surface area contributed by atoms with E-state index in [1.54, 1.807) is 42.5 Å². The molecule has 0 radical (unpaired) electrons. The van der Waals surface area contributed by atoms with Gasteiger partial charge in [0, 0.05) is 49.6 Å². The molecule has 6 nitrogen and oxygen atoms in total. The fraction of sp³-hybridized carbons (Fsp3) is 0.355. The maximum Gasteiger partial charge on any atom is 0.412 e. The molecule has 2 heterocycles. The zero-order valence-electron chi connectivity index (χ0n) is 22.6. The molecule has 0 bridgehead atoms. The third-order valence-corrected chi connectivity index (χ3v) is 8.91. The molecule has 2 aliphatic heterocycles. The van der Waals surface area contributed by atoms with E-state index < -0.39 is 17.6 Å². The first kappa shape index (κ1) is 29.3. The Morgan fingerprint density at radius 1 is 1.07 bits per heavy atom. The molecule has 5 rings (SSSR count). The average Bonchev–Trinajstić information content (AvgIpc) is 2.96. The Kier molecular flexibility index (Phi) is 8.82. The zero-order chi connectivity index (χ0) is 29.1. The van der Waals surface area contributed by atoms with Crippen LogP contribution < -0.4 is 10.6 Å². The summed E-state index contributed by atoms with van der Waals surface area (Å²) < 4.78 is 34.2. The Labute approximate surface area is 248 Å². The number of halogens is 4. The summed E-state index contributed by atoms with van der Waals surface area (Å²) in [6.45, 7) is 3.30. The summed E-state index contributed by atoms with van der Waals surface area (Å²) in [5, 5.41) is 6.31. The van der Waals surface area contributed by atoms with Gasteiger partial charge in [-0.05, 0) is 54.8 Å². The van der Waals surface area contributed by atoms with Crippen molar-refractivity contribution in [3.63, 3.8) is 0 Å². The molecule has 2 atom stereocenters. The first-order valence-electron chi connectivity index (χ1n) is 13.7.